The Morgan fingerprint density at radius 2 is 1.89 bits per heavy atom. The number of anilines is 1. The molecule has 18 heavy (non-hydrogen) atoms. The largest absolute Gasteiger partial charge is 0.389 e. The Hall–Kier alpha value is -1.23. The van der Waals surface area contributed by atoms with Crippen molar-refractivity contribution in [1.82, 2.24) is 10.2 Å². The number of nitrogens with zero attached hydrogens (tertiary/aromatic N) is 2. The molecule has 1 aliphatic carbocycles. The zero-order chi connectivity index (χ0) is 13.3. The Morgan fingerprint density at radius 3 is 2.44 bits per heavy atom. The summed E-state index contributed by atoms with van der Waals surface area (Å²) in [4.78, 5) is 0.384. The summed E-state index contributed by atoms with van der Waals surface area (Å²) in [6.45, 7) is 6.13. The number of hydrogen-bond donors (Lipinski definition) is 2. The molecule has 1 aliphatic rings. The Bertz CT molecular complexity index is 478. The van der Waals surface area contributed by atoms with Crippen molar-refractivity contribution in [3.05, 3.63) is 16.8 Å². The fourth-order valence-corrected chi connectivity index (χ4v) is 2.81. The van der Waals surface area contributed by atoms with Gasteiger partial charge >= 0.3 is 0 Å². The number of nitrogens with two attached hydrogens (primary N) is 1. The van der Waals surface area contributed by atoms with Gasteiger partial charge in [0.25, 0.3) is 0 Å². The van der Waals surface area contributed by atoms with Crippen molar-refractivity contribution in [3.8, 4) is 0 Å². The van der Waals surface area contributed by atoms with Gasteiger partial charge in [0.1, 0.15) is 4.99 Å². The molecule has 1 fully saturated rings. The lowest BCUT2D eigenvalue weighted by atomic mass is 9.99. The molecule has 1 aromatic rings. The topological polar surface area (TPSA) is 63.8 Å². The van der Waals surface area contributed by atoms with Gasteiger partial charge in [-0.3, -0.25) is 0 Å². The number of thiocarbonyl (C=S) groups is 1. The molecule has 2 rings (SSSR count). The van der Waals surface area contributed by atoms with E-state index in [4.69, 9.17) is 18.0 Å². The molecule has 1 saturated carbocycles. The van der Waals surface area contributed by atoms with E-state index in [2.05, 4.69) is 22.4 Å². The van der Waals surface area contributed by atoms with Crippen LogP contribution in [0.1, 0.15) is 49.4 Å². The second kappa shape index (κ2) is 4.80. The average Bonchev–Trinajstić information content (AvgIpc) is 2.70. The summed E-state index contributed by atoms with van der Waals surface area (Å²) in [7, 11) is 0. The summed E-state index contributed by atoms with van der Waals surface area (Å²) >= 11 is 5.14. The molecular formula is C13H20N4S. The minimum absolute atomic E-state index is 0.0932. The average molecular weight is 264 g/mol. The molecule has 0 radical (unpaired) electrons. The molecule has 0 aliphatic heterocycles. The van der Waals surface area contributed by atoms with Gasteiger partial charge < -0.3 is 11.1 Å². The summed E-state index contributed by atoms with van der Waals surface area (Å²) in [5.41, 5.74) is 8.65. The van der Waals surface area contributed by atoms with Crippen molar-refractivity contribution < 1.29 is 0 Å². The Kier molecular flexibility index (Phi) is 3.52. The normalized spacial score (nSPS) is 17.7. The van der Waals surface area contributed by atoms with E-state index in [0.29, 0.717) is 4.99 Å². The molecule has 5 heteroatoms. The van der Waals surface area contributed by atoms with E-state index in [0.717, 1.165) is 35.5 Å². The maximum Gasteiger partial charge on any atom is 0.159 e. The second-order valence-electron chi connectivity index (χ2n) is 5.39. The van der Waals surface area contributed by atoms with Crippen LogP contribution in [0.3, 0.4) is 0 Å². The van der Waals surface area contributed by atoms with Crippen molar-refractivity contribution in [2.45, 2.75) is 52.0 Å². The SMILES string of the molecule is Cc1nnc(NC2(C)CCCC2)c(C(N)=S)c1C. The van der Waals surface area contributed by atoms with Crippen LogP contribution in [0.25, 0.3) is 0 Å². The summed E-state index contributed by atoms with van der Waals surface area (Å²) < 4.78 is 0. The van der Waals surface area contributed by atoms with Crippen LogP contribution in [0.15, 0.2) is 0 Å². The summed E-state index contributed by atoms with van der Waals surface area (Å²) in [6.07, 6.45) is 4.81. The Balaban J connectivity index is 2.38. The lowest BCUT2D eigenvalue weighted by Crippen LogP contribution is -2.33. The van der Waals surface area contributed by atoms with E-state index < -0.39 is 0 Å². The molecule has 1 heterocycles. The predicted molar refractivity (Wildman–Crippen MR) is 77.9 cm³/mol. The molecule has 0 spiro atoms. The minimum atomic E-state index is 0.0932. The first-order chi connectivity index (χ1) is 8.43. The minimum Gasteiger partial charge on any atom is -0.389 e. The molecule has 0 amide bonds. The summed E-state index contributed by atoms with van der Waals surface area (Å²) in [5, 5.41) is 11.9. The van der Waals surface area contributed by atoms with Gasteiger partial charge in [0.2, 0.25) is 0 Å². The molecule has 0 aromatic carbocycles. The zero-order valence-electron chi connectivity index (χ0n) is 11.2. The van der Waals surface area contributed by atoms with Crippen LogP contribution < -0.4 is 11.1 Å². The molecule has 0 unspecified atom stereocenters. The van der Waals surface area contributed by atoms with E-state index in [1.54, 1.807) is 0 Å². The van der Waals surface area contributed by atoms with E-state index in [-0.39, 0.29) is 5.54 Å². The van der Waals surface area contributed by atoms with E-state index in [1.165, 1.54) is 12.8 Å². The van der Waals surface area contributed by atoms with E-state index in [9.17, 15) is 0 Å². The van der Waals surface area contributed by atoms with Gasteiger partial charge in [0, 0.05) is 5.54 Å². The molecule has 0 atom stereocenters. The smallest absolute Gasteiger partial charge is 0.159 e. The first-order valence-corrected chi connectivity index (χ1v) is 6.76. The van der Waals surface area contributed by atoms with Crippen LogP contribution in [0.2, 0.25) is 0 Å². The summed E-state index contributed by atoms with van der Waals surface area (Å²) in [5.74, 6) is 0.731. The maximum atomic E-state index is 5.83. The molecule has 0 bridgehead atoms. The van der Waals surface area contributed by atoms with Crippen LogP contribution in [0, 0.1) is 13.8 Å². The van der Waals surface area contributed by atoms with Gasteiger partial charge in [-0.15, -0.1) is 5.10 Å². The number of nitrogens with one attached hydrogen (secondary N) is 1. The fourth-order valence-electron chi connectivity index (χ4n) is 2.56. The van der Waals surface area contributed by atoms with Crippen LogP contribution in [-0.4, -0.2) is 20.7 Å². The number of hydrogen-bond acceptors (Lipinski definition) is 4. The van der Waals surface area contributed by atoms with E-state index in [1.807, 2.05) is 13.8 Å². The highest BCUT2D eigenvalue weighted by Gasteiger charge is 2.30. The van der Waals surface area contributed by atoms with Crippen LogP contribution in [0.4, 0.5) is 5.82 Å². The van der Waals surface area contributed by atoms with Gasteiger partial charge in [0.05, 0.1) is 11.3 Å². The van der Waals surface area contributed by atoms with Gasteiger partial charge in [0.15, 0.2) is 5.82 Å². The van der Waals surface area contributed by atoms with Gasteiger partial charge in [-0.05, 0) is 39.2 Å². The highest BCUT2D eigenvalue weighted by molar-refractivity contribution is 7.80. The standard InChI is InChI=1S/C13H20N4S/c1-8-9(2)16-17-12(10(8)11(14)18)15-13(3)6-4-5-7-13/h4-7H2,1-3H3,(H2,14,18)(H,15,17). The highest BCUT2D eigenvalue weighted by atomic mass is 32.1. The van der Waals surface area contributed by atoms with Crippen molar-refractivity contribution in [2.75, 3.05) is 5.32 Å². The van der Waals surface area contributed by atoms with Crippen molar-refractivity contribution in [2.24, 2.45) is 5.73 Å². The lowest BCUT2D eigenvalue weighted by Gasteiger charge is -2.27. The van der Waals surface area contributed by atoms with Gasteiger partial charge in [-0.25, -0.2) is 0 Å². The fraction of sp³-hybridized carbons (Fsp3) is 0.615. The monoisotopic (exact) mass is 264 g/mol. The zero-order valence-corrected chi connectivity index (χ0v) is 12.0. The third-order valence-electron chi connectivity index (χ3n) is 3.83. The summed E-state index contributed by atoms with van der Waals surface area (Å²) in [6, 6.07) is 0. The van der Waals surface area contributed by atoms with Crippen LogP contribution in [-0.2, 0) is 0 Å². The van der Waals surface area contributed by atoms with Crippen LogP contribution >= 0.6 is 12.2 Å². The van der Waals surface area contributed by atoms with Gasteiger partial charge in [-0.1, -0.05) is 25.1 Å². The molecule has 98 valence electrons. The lowest BCUT2D eigenvalue weighted by molar-refractivity contribution is 0.529. The molecule has 1 aromatic heterocycles. The second-order valence-corrected chi connectivity index (χ2v) is 5.83. The molecule has 0 saturated heterocycles. The number of aromatic nitrogens is 2. The van der Waals surface area contributed by atoms with Crippen molar-refractivity contribution in [3.63, 3.8) is 0 Å². The molecule has 3 N–H and O–H groups in total. The highest BCUT2D eigenvalue weighted by Crippen LogP contribution is 2.33. The number of rotatable bonds is 3. The van der Waals surface area contributed by atoms with Gasteiger partial charge in [-0.2, -0.15) is 5.10 Å². The Morgan fingerprint density at radius 1 is 1.28 bits per heavy atom. The van der Waals surface area contributed by atoms with Crippen molar-refractivity contribution >= 4 is 23.0 Å². The Labute approximate surface area is 113 Å². The van der Waals surface area contributed by atoms with Crippen molar-refractivity contribution in [1.29, 1.82) is 0 Å². The maximum absolute atomic E-state index is 5.83. The predicted octanol–water partition coefficient (Wildman–Crippen LogP) is 2.47. The first kappa shape index (κ1) is 13.2. The van der Waals surface area contributed by atoms with Crippen LogP contribution in [0.5, 0.6) is 0 Å². The molecule has 4 nitrogen and oxygen atoms in total. The number of aryl methyl sites for hydroxylation is 1. The first-order valence-electron chi connectivity index (χ1n) is 6.35. The quantitative estimate of drug-likeness (QED) is 0.821. The van der Waals surface area contributed by atoms with E-state index >= 15 is 0 Å². The third kappa shape index (κ3) is 2.46. The molecular weight excluding hydrogens is 244 g/mol. The third-order valence-corrected chi connectivity index (χ3v) is 4.03.